The van der Waals surface area contributed by atoms with Crippen molar-refractivity contribution in [1.82, 2.24) is 14.8 Å². The number of nitrogens with zero attached hydrogens (tertiary/aromatic N) is 3. The van der Waals surface area contributed by atoms with Crippen molar-refractivity contribution in [1.29, 1.82) is 0 Å². The maximum atomic E-state index is 5.91. The standard InChI is InChI=1S/C12H15ClN4/c1-8-6-10(13)4-5-11(8)14-7-12-16-15-9(2)17(12)3/h4-6,14H,7H2,1-3H3. The van der Waals surface area contributed by atoms with Gasteiger partial charge in [0.15, 0.2) is 5.82 Å². The number of halogens is 1. The lowest BCUT2D eigenvalue weighted by Crippen LogP contribution is -2.07. The Morgan fingerprint density at radius 2 is 2.06 bits per heavy atom. The second kappa shape index (κ2) is 4.75. The average Bonchev–Trinajstić information content (AvgIpc) is 2.59. The van der Waals surface area contributed by atoms with E-state index < -0.39 is 0 Å². The molecule has 2 aromatic rings. The Hall–Kier alpha value is -1.55. The van der Waals surface area contributed by atoms with Gasteiger partial charge in [-0.15, -0.1) is 10.2 Å². The summed E-state index contributed by atoms with van der Waals surface area (Å²) in [4.78, 5) is 0. The molecule has 90 valence electrons. The van der Waals surface area contributed by atoms with Crippen LogP contribution in [0.2, 0.25) is 5.02 Å². The molecule has 4 nitrogen and oxygen atoms in total. The highest BCUT2D eigenvalue weighted by atomic mass is 35.5. The predicted octanol–water partition coefficient (Wildman–Crippen LogP) is 2.70. The molecule has 0 saturated carbocycles. The van der Waals surface area contributed by atoms with E-state index in [1.165, 1.54) is 0 Å². The van der Waals surface area contributed by atoms with Gasteiger partial charge in [0.25, 0.3) is 0 Å². The van der Waals surface area contributed by atoms with E-state index in [0.717, 1.165) is 27.9 Å². The lowest BCUT2D eigenvalue weighted by atomic mass is 10.2. The monoisotopic (exact) mass is 250 g/mol. The van der Waals surface area contributed by atoms with Crippen LogP contribution in [0.1, 0.15) is 17.2 Å². The first-order valence-electron chi connectivity index (χ1n) is 5.43. The van der Waals surface area contributed by atoms with Gasteiger partial charge in [0.1, 0.15) is 5.82 Å². The highest BCUT2D eigenvalue weighted by Crippen LogP contribution is 2.19. The van der Waals surface area contributed by atoms with Gasteiger partial charge in [-0.05, 0) is 37.6 Å². The molecule has 1 aromatic carbocycles. The van der Waals surface area contributed by atoms with E-state index in [1.807, 2.05) is 43.7 Å². The molecule has 0 aliphatic carbocycles. The lowest BCUT2D eigenvalue weighted by Gasteiger charge is -2.09. The molecule has 0 radical (unpaired) electrons. The third-order valence-corrected chi connectivity index (χ3v) is 3.04. The number of benzene rings is 1. The average molecular weight is 251 g/mol. The summed E-state index contributed by atoms with van der Waals surface area (Å²) < 4.78 is 1.97. The second-order valence-electron chi connectivity index (χ2n) is 4.04. The van der Waals surface area contributed by atoms with E-state index >= 15 is 0 Å². The maximum Gasteiger partial charge on any atom is 0.152 e. The Bertz CT molecular complexity index is 533. The Balaban J connectivity index is 2.10. The van der Waals surface area contributed by atoms with Gasteiger partial charge in [0, 0.05) is 17.8 Å². The van der Waals surface area contributed by atoms with Crippen molar-refractivity contribution >= 4 is 17.3 Å². The first kappa shape index (κ1) is 11.9. The number of aryl methyl sites for hydroxylation is 2. The third-order valence-electron chi connectivity index (χ3n) is 2.81. The van der Waals surface area contributed by atoms with Gasteiger partial charge in [-0.25, -0.2) is 0 Å². The normalized spacial score (nSPS) is 10.6. The van der Waals surface area contributed by atoms with Crippen molar-refractivity contribution in [2.75, 3.05) is 5.32 Å². The minimum absolute atomic E-state index is 0.653. The largest absolute Gasteiger partial charge is 0.378 e. The quantitative estimate of drug-likeness (QED) is 0.911. The minimum Gasteiger partial charge on any atom is -0.378 e. The van der Waals surface area contributed by atoms with Crippen LogP contribution in [0, 0.1) is 13.8 Å². The molecule has 0 aliphatic rings. The van der Waals surface area contributed by atoms with Gasteiger partial charge < -0.3 is 9.88 Å². The SMILES string of the molecule is Cc1cc(Cl)ccc1NCc1nnc(C)n1C. The smallest absolute Gasteiger partial charge is 0.152 e. The Morgan fingerprint density at radius 3 is 2.65 bits per heavy atom. The zero-order valence-corrected chi connectivity index (χ0v) is 10.9. The second-order valence-corrected chi connectivity index (χ2v) is 4.47. The van der Waals surface area contributed by atoms with Gasteiger partial charge >= 0.3 is 0 Å². The number of rotatable bonds is 3. The molecule has 0 atom stereocenters. The van der Waals surface area contributed by atoms with Crippen LogP contribution in [0.5, 0.6) is 0 Å². The molecule has 0 fully saturated rings. The Morgan fingerprint density at radius 1 is 1.29 bits per heavy atom. The topological polar surface area (TPSA) is 42.7 Å². The van der Waals surface area contributed by atoms with Crippen LogP contribution in [-0.2, 0) is 13.6 Å². The van der Waals surface area contributed by atoms with Gasteiger partial charge in [0.2, 0.25) is 0 Å². The van der Waals surface area contributed by atoms with Gasteiger partial charge in [-0.1, -0.05) is 11.6 Å². The van der Waals surface area contributed by atoms with Crippen molar-refractivity contribution in [3.05, 3.63) is 40.4 Å². The molecule has 17 heavy (non-hydrogen) atoms. The summed E-state index contributed by atoms with van der Waals surface area (Å²) in [7, 11) is 1.96. The third kappa shape index (κ3) is 2.58. The molecule has 0 amide bonds. The van der Waals surface area contributed by atoms with E-state index in [-0.39, 0.29) is 0 Å². The molecule has 0 saturated heterocycles. The van der Waals surface area contributed by atoms with Gasteiger partial charge in [0.05, 0.1) is 6.54 Å². The number of hydrogen-bond acceptors (Lipinski definition) is 3. The first-order chi connectivity index (χ1) is 8.08. The maximum absolute atomic E-state index is 5.91. The summed E-state index contributed by atoms with van der Waals surface area (Å²) in [6.07, 6.45) is 0. The van der Waals surface area contributed by atoms with Crippen LogP contribution in [0.25, 0.3) is 0 Å². The fourth-order valence-electron chi connectivity index (χ4n) is 1.60. The Labute approximate surface area is 106 Å². The highest BCUT2D eigenvalue weighted by Gasteiger charge is 2.05. The predicted molar refractivity (Wildman–Crippen MR) is 69.3 cm³/mol. The molecule has 0 bridgehead atoms. The van der Waals surface area contributed by atoms with E-state index in [0.29, 0.717) is 6.54 Å². The van der Waals surface area contributed by atoms with Crippen molar-refractivity contribution in [2.24, 2.45) is 7.05 Å². The molecule has 0 spiro atoms. The van der Waals surface area contributed by atoms with Crippen LogP contribution in [0.3, 0.4) is 0 Å². The summed E-state index contributed by atoms with van der Waals surface area (Å²) in [5, 5.41) is 12.2. The van der Waals surface area contributed by atoms with Crippen molar-refractivity contribution in [2.45, 2.75) is 20.4 Å². The molecule has 0 aliphatic heterocycles. The molecule has 2 rings (SSSR count). The Kier molecular flexibility index (Phi) is 3.33. The van der Waals surface area contributed by atoms with Crippen LogP contribution >= 0.6 is 11.6 Å². The van der Waals surface area contributed by atoms with Gasteiger partial charge in [-0.3, -0.25) is 0 Å². The summed E-state index contributed by atoms with van der Waals surface area (Å²) in [6, 6.07) is 5.78. The molecule has 5 heteroatoms. The molecular formula is C12H15ClN4. The summed E-state index contributed by atoms with van der Waals surface area (Å²) in [6.45, 7) is 4.61. The summed E-state index contributed by atoms with van der Waals surface area (Å²) in [5.74, 6) is 1.83. The zero-order chi connectivity index (χ0) is 12.4. The van der Waals surface area contributed by atoms with E-state index in [9.17, 15) is 0 Å². The number of anilines is 1. The lowest BCUT2D eigenvalue weighted by molar-refractivity contribution is 0.789. The molecule has 1 N–H and O–H groups in total. The number of aromatic nitrogens is 3. The van der Waals surface area contributed by atoms with Crippen LogP contribution in [0.4, 0.5) is 5.69 Å². The van der Waals surface area contributed by atoms with Crippen LogP contribution in [-0.4, -0.2) is 14.8 Å². The van der Waals surface area contributed by atoms with E-state index in [1.54, 1.807) is 0 Å². The molecular weight excluding hydrogens is 236 g/mol. The zero-order valence-electron chi connectivity index (χ0n) is 10.2. The number of hydrogen-bond donors (Lipinski definition) is 1. The van der Waals surface area contributed by atoms with E-state index in [4.69, 9.17) is 11.6 Å². The van der Waals surface area contributed by atoms with E-state index in [2.05, 4.69) is 15.5 Å². The van der Waals surface area contributed by atoms with Crippen LogP contribution in [0.15, 0.2) is 18.2 Å². The van der Waals surface area contributed by atoms with Crippen molar-refractivity contribution in [3.63, 3.8) is 0 Å². The number of nitrogens with one attached hydrogen (secondary N) is 1. The molecule has 0 unspecified atom stereocenters. The molecule has 1 aromatic heterocycles. The van der Waals surface area contributed by atoms with Crippen molar-refractivity contribution in [3.8, 4) is 0 Å². The van der Waals surface area contributed by atoms with Crippen LogP contribution < -0.4 is 5.32 Å². The highest BCUT2D eigenvalue weighted by molar-refractivity contribution is 6.30. The van der Waals surface area contributed by atoms with Gasteiger partial charge in [-0.2, -0.15) is 0 Å². The van der Waals surface area contributed by atoms with Crippen molar-refractivity contribution < 1.29 is 0 Å². The fraction of sp³-hybridized carbons (Fsp3) is 0.333. The summed E-state index contributed by atoms with van der Waals surface area (Å²) in [5.41, 5.74) is 2.19. The summed E-state index contributed by atoms with van der Waals surface area (Å²) >= 11 is 5.91. The fourth-order valence-corrected chi connectivity index (χ4v) is 1.83. The first-order valence-corrected chi connectivity index (χ1v) is 5.80. The minimum atomic E-state index is 0.653. The molecule has 1 heterocycles.